The Morgan fingerprint density at radius 3 is 2.67 bits per heavy atom. The molecule has 0 aliphatic carbocycles. The number of aliphatic carboxylic acids is 1. The van der Waals surface area contributed by atoms with Gasteiger partial charge < -0.3 is 5.11 Å². The molecule has 1 aromatic heterocycles. The van der Waals surface area contributed by atoms with Gasteiger partial charge in [0.1, 0.15) is 10.5 Å². The molecule has 0 amide bonds. The van der Waals surface area contributed by atoms with Crippen molar-refractivity contribution in [1.82, 2.24) is 10.3 Å². The molecule has 1 atom stereocenters. The zero-order chi connectivity index (χ0) is 15.6. The van der Waals surface area contributed by atoms with E-state index in [4.69, 9.17) is 23.2 Å². The second kappa shape index (κ2) is 6.32. The lowest BCUT2D eigenvalue weighted by molar-refractivity contribution is -0.144. The van der Waals surface area contributed by atoms with Gasteiger partial charge in [-0.1, -0.05) is 29.3 Å². The van der Waals surface area contributed by atoms with Crippen LogP contribution in [0.5, 0.6) is 0 Å². The van der Waals surface area contributed by atoms with Crippen molar-refractivity contribution in [1.29, 1.82) is 0 Å². The quantitative estimate of drug-likeness (QED) is 0.864. The highest BCUT2D eigenvalue weighted by Gasteiger charge is 2.35. The van der Waals surface area contributed by atoms with E-state index < -0.39 is 11.5 Å². The monoisotopic (exact) mass is 344 g/mol. The lowest BCUT2D eigenvalue weighted by Crippen LogP contribution is -2.46. The van der Waals surface area contributed by atoms with Gasteiger partial charge in [-0.25, -0.2) is 9.78 Å². The van der Waals surface area contributed by atoms with Crippen molar-refractivity contribution < 1.29 is 9.90 Å². The smallest absolute Gasteiger partial charge is 0.328 e. The molecule has 0 fully saturated rings. The van der Waals surface area contributed by atoms with Crippen LogP contribution in [0.2, 0.25) is 10.0 Å². The Hall–Kier alpha value is -1.14. The summed E-state index contributed by atoms with van der Waals surface area (Å²) in [5.74, 6) is -0.992. The van der Waals surface area contributed by atoms with Crippen molar-refractivity contribution >= 4 is 40.5 Å². The third-order valence-corrected chi connectivity index (χ3v) is 4.84. The first-order chi connectivity index (χ1) is 9.83. The van der Waals surface area contributed by atoms with Gasteiger partial charge in [0.15, 0.2) is 0 Å². The summed E-state index contributed by atoms with van der Waals surface area (Å²) in [5, 5.41) is 14.2. The number of nitrogens with one attached hydrogen (secondary N) is 1. The van der Waals surface area contributed by atoms with Gasteiger partial charge in [0, 0.05) is 17.6 Å². The predicted molar refractivity (Wildman–Crippen MR) is 85.1 cm³/mol. The highest BCUT2D eigenvalue weighted by molar-refractivity contribution is 7.11. The van der Waals surface area contributed by atoms with E-state index in [-0.39, 0.29) is 0 Å². The molecule has 4 nitrogen and oxygen atoms in total. The number of carboxylic acid groups (broad SMARTS) is 1. The molecule has 2 aromatic rings. The summed E-state index contributed by atoms with van der Waals surface area (Å²) >= 11 is 13.4. The van der Waals surface area contributed by atoms with E-state index in [0.29, 0.717) is 22.2 Å². The number of aromatic nitrogens is 1. The lowest BCUT2D eigenvalue weighted by Gasteiger charge is -2.26. The molecule has 112 valence electrons. The van der Waals surface area contributed by atoms with E-state index in [1.807, 2.05) is 6.92 Å². The number of halogens is 2. The molecular formula is C14H14Cl2N2O2S. The maximum Gasteiger partial charge on any atom is 0.328 e. The third-order valence-electron chi connectivity index (χ3n) is 3.19. The molecule has 21 heavy (non-hydrogen) atoms. The van der Waals surface area contributed by atoms with Crippen molar-refractivity contribution in [3.05, 3.63) is 49.9 Å². The molecule has 0 aliphatic heterocycles. The van der Waals surface area contributed by atoms with Crippen LogP contribution in [-0.2, 0) is 16.9 Å². The Balaban J connectivity index is 2.27. The zero-order valence-electron chi connectivity index (χ0n) is 11.5. The molecule has 1 aromatic carbocycles. The average molecular weight is 345 g/mol. The molecule has 0 aliphatic rings. The summed E-state index contributed by atoms with van der Waals surface area (Å²) in [4.78, 5) is 17.0. The van der Waals surface area contributed by atoms with Gasteiger partial charge >= 0.3 is 5.97 Å². The maximum absolute atomic E-state index is 11.7. The fourth-order valence-electron chi connectivity index (χ4n) is 1.84. The van der Waals surface area contributed by atoms with Crippen LogP contribution in [0.15, 0.2) is 24.4 Å². The standard InChI is InChI=1S/C14H14Cl2N2O2S/c1-8-6-17-12(21-8)7-18-14(2,13(19)20)9-3-4-10(15)11(16)5-9/h3-6,18H,7H2,1-2H3,(H,19,20). The van der Waals surface area contributed by atoms with Crippen molar-refractivity contribution in [2.45, 2.75) is 25.9 Å². The summed E-state index contributed by atoms with van der Waals surface area (Å²) in [6.07, 6.45) is 1.76. The summed E-state index contributed by atoms with van der Waals surface area (Å²) in [5.41, 5.74) is -0.731. The van der Waals surface area contributed by atoms with Crippen LogP contribution < -0.4 is 5.32 Å². The van der Waals surface area contributed by atoms with Crippen molar-refractivity contribution in [2.75, 3.05) is 0 Å². The number of carbonyl (C=O) groups is 1. The third kappa shape index (κ3) is 3.55. The van der Waals surface area contributed by atoms with Crippen molar-refractivity contribution in [2.24, 2.45) is 0 Å². The number of aryl methyl sites for hydroxylation is 1. The molecule has 0 saturated carbocycles. The number of carboxylic acids is 1. The Morgan fingerprint density at radius 2 is 2.14 bits per heavy atom. The number of thiazole rings is 1. The first-order valence-electron chi connectivity index (χ1n) is 6.18. The molecule has 0 radical (unpaired) electrons. The minimum absolute atomic E-state index is 0.327. The van der Waals surface area contributed by atoms with Gasteiger partial charge in [-0.3, -0.25) is 5.32 Å². The molecule has 0 saturated heterocycles. The van der Waals surface area contributed by atoms with E-state index in [1.54, 1.807) is 31.3 Å². The van der Waals surface area contributed by atoms with Gasteiger partial charge in [-0.2, -0.15) is 0 Å². The average Bonchev–Trinajstić information content (AvgIpc) is 2.84. The maximum atomic E-state index is 11.7. The minimum atomic E-state index is -1.27. The van der Waals surface area contributed by atoms with Gasteiger partial charge in [0.2, 0.25) is 0 Å². The van der Waals surface area contributed by atoms with Crippen LogP contribution in [-0.4, -0.2) is 16.1 Å². The van der Waals surface area contributed by atoms with Gasteiger partial charge in [0.25, 0.3) is 0 Å². The Morgan fingerprint density at radius 1 is 1.43 bits per heavy atom. The molecule has 2 rings (SSSR count). The molecule has 7 heteroatoms. The molecule has 2 N–H and O–H groups in total. The molecule has 1 unspecified atom stereocenters. The van der Waals surface area contributed by atoms with E-state index in [1.165, 1.54) is 11.3 Å². The first kappa shape index (κ1) is 16.2. The van der Waals surface area contributed by atoms with Crippen LogP contribution in [0, 0.1) is 6.92 Å². The fraction of sp³-hybridized carbons (Fsp3) is 0.286. The molecule has 1 heterocycles. The minimum Gasteiger partial charge on any atom is -0.480 e. The number of nitrogens with zero attached hydrogens (tertiary/aromatic N) is 1. The fourth-order valence-corrected chi connectivity index (χ4v) is 2.87. The highest BCUT2D eigenvalue weighted by atomic mass is 35.5. The van der Waals surface area contributed by atoms with Crippen LogP contribution in [0.25, 0.3) is 0 Å². The van der Waals surface area contributed by atoms with Crippen LogP contribution in [0.1, 0.15) is 22.4 Å². The zero-order valence-corrected chi connectivity index (χ0v) is 13.8. The van der Waals surface area contributed by atoms with E-state index in [9.17, 15) is 9.90 Å². The van der Waals surface area contributed by atoms with Crippen LogP contribution in [0.4, 0.5) is 0 Å². The van der Waals surface area contributed by atoms with Crippen LogP contribution >= 0.6 is 34.5 Å². The number of rotatable bonds is 5. The summed E-state index contributed by atoms with van der Waals surface area (Å²) in [7, 11) is 0. The molecular weight excluding hydrogens is 331 g/mol. The number of benzene rings is 1. The predicted octanol–water partition coefficient (Wildman–Crippen LogP) is 3.85. The topological polar surface area (TPSA) is 62.2 Å². The van der Waals surface area contributed by atoms with E-state index in [0.717, 1.165) is 9.88 Å². The van der Waals surface area contributed by atoms with Gasteiger partial charge in [-0.05, 0) is 31.5 Å². The summed E-state index contributed by atoms with van der Waals surface area (Å²) < 4.78 is 0. The van der Waals surface area contributed by atoms with Gasteiger partial charge in [-0.15, -0.1) is 11.3 Å². The van der Waals surface area contributed by atoms with E-state index in [2.05, 4.69) is 10.3 Å². The lowest BCUT2D eigenvalue weighted by atomic mass is 9.92. The Bertz CT molecular complexity index is 675. The summed E-state index contributed by atoms with van der Waals surface area (Å²) in [6, 6.07) is 4.82. The normalized spacial score (nSPS) is 13.9. The molecule has 0 bridgehead atoms. The van der Waals surface area contributed by atoms with Crippen molar-refractivity contribution in [3.63, 3.8) is 0 Å². The van der Waals surface area contributed by atoms with Crippen LogP contribution in [0.3, 0.4) is 0 Å². The van der Waals surface area contributed by atoms with E-state index >= 15 is 0 Å². The largest absolute Gasteiger partial charge is 0.480 e. The number of hydrogen-bond donors (Lipinski definition) is 2. The second-order valence-corrected chi connectivity index (χ2v) is 6.91. The summed E-state index contributed by atoms with van der Waals surface area (Å²) in [6.45, 7) is 3.91. The molecule has 0 spiro atoms. The Labute approximate surface area is 136 Å². The Kier molecular flexibility index (Phi) is 4.88. The SMILES string of the molecule is Cc1cnc(CNC(C)(C(=O)O)c2ccc(Cl)c(Cl)c2)s1. The highest BCUT2D eigenvalue weighted by Crippen LogP contribution is 2.29. The second-order valence-electron chi connectivity index (χ2n) is 4.78. The van der Waals surface area contributed by atoms with Gasteiger partial charge in [0.05, 0.1) is 10.0 Å². The number of hydrogen-bond acceptors (Lipinski definition) is 4. The first-order valence-corrected chi connectivity index (χ1v) is 7.75. The van der Waals surface area contributed by atoms with Crippen molar-refractivity contribution in [3.8, 4) is 0 Å².